The zero-order chi connectivity index (χ0) is 19.6. The number of hydrogen-bond acceptors (Lipinski definition) is 3. The monoisotopic (exact) mass is 378 g/mol. The number of carbonyl (C=O) groups is 1. The fraction of sp³-hybridized carbons (Fsp3) is 0.458. The zero-order valence-corrected chi connectivity index (χ0v) is 16.7. The van der Waals surface area contributed by atoms with Crippen LogP contribution >= 0.6 is 0 Å². The first-order chi connectivity index (χ1) is 13.6. The molecule has 148 valence electrons. The number of β-amino-alcohol motifs (C(OH)–C–C–N with tert-alkyl or cyclic N) is 1. The molecule has 1 aliphatic heterocycles. The second-order valence-electron chi connectivity index (χ2n) is 8.33. The quantitative estimate of drug-likeness (QED) is 0.839. The van der Waals surface area contributed by atoms with Gasteiger partial charge in [-0.1, -0.05) is 48.5 Å². The number of benzene rings is 2. The lowest BCUT2D eigenvalue weighted by molar-refractivity contribution is -0.121. The molecule has 4 nitrogen and oxygen atoms in total. The number of rotatable bonds is 5. The number of amides is 1. The van der Waals surface area contributed by atoms with Crippen molar-refractivity contribution >= 4 is 5.91 Å². The highest BCUT2D eigenvalue weighted by atomic mass is 16.3. The molecule has 4 heteroatoms. The van der Waals surface area contributed by atoms with Crippen molar-refractivity contribution in [3.8, 4) is 0 Å². The highest BCUT2D eigenvalue weighted by Crippen LogP contribution is 2.34. The van der Waals surface area contributed by atoms with Crippen molar-refractivity contribution in [3.63, 3.8) is 0 Å². The van der Waals surface area contributed by atoms with Crippen LogP contribution in [0.5, 0.6) is 0 Å². The molecular formula is C24H30N2O2. The van der Waals surface area contributed by atoms with Gasteiger partial charge in [-0.3, -0.25) is 4.79 Å². The zero-order valence-electron chi connectivity index (χ0n) is 16.7. The molecule has 4 rings (SSSR count). The minimum Gasteiger partial charge on any atom is -0.387 e. The van der Waals surface area contributed by atoms with E-state index in [9.17, 15) is 9.90 Å². The van der Waals surface area contributed by atoms with Gasteiger partial charge in [-0.15, -0.1) is 0 Å². The van der Waals surface area contributed by atoms with Crippen LogP contribution < -0.4 is 5.32 Å². The summed E-state index contributed by atoms with van der Waals surface area (Å²) < 4.78 is 0. The van der Waals surface area contributed by atoms with Crippen molar-refractivity contribution in [2.45, 2.75) is 50.7 Å². The van der Waals surface area contributed by atoms with Gasteiger partial charge in [-0.25, -0.2) is 0 Å². The number of nitrogens with zero attached hydrogens (tertiary/aromatic N) is 1. The van der Waals surface area contributed by atoms with Crippen LogP contribution in [0.1, 0.15) is 54.5 Å². The highest BCUT2D eigenvalue weighted by molar-refractivity contribution is 5.74. The number of likely N-dealkylation sites (tertiary alicyclic amines) is 1. The lowest BCUT2D eigenvalue weighted by Crippen LogP contribution is -2.53. The molecule has 0 radical (unpaired) electrons. The second kappa shape index (κ2) is 8.06. The molecule has 0 bridgehead atoms. The van der Waals surface area contributed by atoms with Crippen LogP contribution in [0.3, 0.4) is 0 Å². The molecule has 1 amide bonds. The highest BCUT2D eigenvalue weighted by Gasteiger charge is 2.37. The van der Waals surface area contributed by atoms with E-state index >= 15 is 0 Å². The van der Waals surface area contributed by atoms with E-state index in [4.69, 9.17) is 0 Å². The molecular weight excluding hydrogens is 348 g/mol. The molecule has 1 aliphatic carbocycles. The Hall–Kier alpha value is -2.17. The number of aliphatic hydroxyl groups excluding tert-OH is 1. The lowest BCUT2D eigenvalue weighted by Gasteiger charge is -2.43. The Morgan fingerprint density at radius 3 is 2.54 bits per heavy atom. The summed E-state index contributed by atoms with van der Waals surface area (Å²) in [6.07, 6.45) is 4.78. The van der Waals surface area contributed by atoms with Gasteiger partial charge in [0, 0.05) is 26.6 Å². The van der Waals surface area contributed by atoms with E-state index in [0.29, 0.717) is 6.54 Å². The predicted molar refractivity (Wildman–Crippen MR) is 111 cm³/mol. The fourth-order valence-corrected chi connectivity index (χ4v) is 4.85. The summed E-state index contributed by atoms with van der Waals surface area (Å²) in [7, 11) is 0. The summed E-state index contributed by atoms with van der Waals surface area (Å²) in [5, 5.41) is 14.0. The average Bonchev–Trinajstić information content (AvgIpc) is 3.17. The van der Waals surface area contributed by atoms with Gasteiger partial charge in [-0.05, 0) is 54.4 Å². The third kappa shape index (κ3) is 3.98. The fourth-order valence-electron chi connectivity index (χ4n) is 4.85. The third-order valence-electron chi connectivity index (χ3n) is 6.39. The van der Waals surface area contributed by atoms with E-state index in [1.165, 1.54) is 29.5 Å². The van der Waals surface area contributed by atoms with Crippen molar-refractivity contribution in [2.75, 3.05) is 19.6 Å². The van der Waals surface area contributed by atoms with Gasteiger partial charge >= 0.3 is 0 Å². The van der Waals surface area contributed by atoms with E-state index in [2.05, 4.69) is 40.5 Å². The SMILES string of the molecule is CC(=O)NC1(c2ccccc2)CCN(CC(O)c2ccc3c(c2)CCC3)CC1. The van der Waals surface area contributed by atoms with Gasteiger partial charge < -0.3 is 15.3 Å². The van der Waals surface area contributed by atoms with Crippen LogP contribution in [0.4, 0.5) is 0 Å². The van der Waals surface area contributed by atoms with Crippen LogP contribution in [-0.2, 0) is 23.2 Å². The van der Waals surface area contributed by atoms with Gasteiger partial charge in [-0.2, -0.15) is 0 Å². The number of piperidine rings is 1. The minimum atomic E-state index is -0.462. The average molecular weight is 379 g/mol. The van der Waals surface area contributed by atoms with Crippen LogP contribution in [0.2, 0.25) is 0 Å². The van der Waals surface area contributed by atoms with Crippen molar-refractivity contribution in [1.29, 1.82) is 0 Å². The van der Waals surface area contributed by atoms with E-state index in [1.54, 1.807) is 6.92 Å². The van der Waals surface area contributed by atoms with Gasteiger partial charge in [0.25, 0.3) is 0 Å². The van der Waals surface area contributed by atoms with Crippen LogP contribution in [-0.4, -0.2) is 35.5 Å². The Morgan fingerprint density at radius 1 is 1.11 bits per heavy atom. The molecule has 0 saturated carbocycles. The Balaban J connectivity index is 1.42. The first-order valence-corrected chi connectivity index (χ1v) is 10.4. The number of aliphatic hydroxyl groups is 1. The second-order valence-corrected chi connectivity index (χ2v) is 8.33. The molecule has 1 heterocycles. The van der Waals surface area contributed by atoms with E-state index < -0.39 is 6.10 Å². The first-order valence-electron chi connectivity index (χ1n) is 10.4. The number of aryl methyl sites for hydroxylation is 2. The lowest BCUT2D eigenvalue weighted by atomic mass is 9.80. The maximum atomic E-state index is 11.9. The van der Waals surface area contributed by atoms with Crippen molar-refractivity contribution in [3.05, 3.63) is 70.8 Å². The molecule has 1 fully saturated rings. The molecule has 0 spiro atoms. The Labute approximate surface area is 167 Å². The molecule has 0 aromatic heterocycles. The molecule has 2 N–H and O–H groups in total. The standard InChI is InChI=1S/C24H30N2O2/c1-18(27)25-24(22-8-3-2-4-9-22)12-14-26(15-13-24)17-23(28)21-11-10-19-6-5-7-20(19)16-21/h2-4,8-11,16,23,28H,5-7,12-15,17H2,1H3,(H,25,27). The number of nitrogens with one attached hydrogen (secondary N) is 1. The smallest absolute Gasteiger partial charge is 0.217 e. The molecule has 1 saturated heterocycles. The normalized spacial score (nSPS) is 19.8. The summed E-state index contributed by atoms with van der Waals surface area (Å²) in [5.74, 6) is 0.00970. The van der Waals surface area contributed by atoms with Crippen LogP contribution in [0, 0.1) is 0 Å². The summed E-state index contributed by atoms with van der Waals surface area (Å²) in [6, 6.07) is 16.7. The Kier molecular flexibility index (Phi) is 5.51. The molecule has 28 heavy (non-hydrogen) atoms. The van der Waals surface area contributed by atoms with E-state index in [1.807, 2.05) is 18.2 Å². The van der Waals surface area contributed by atoms with Crippen molar-refractivity contribution < 1.29 is 9.90 Å². The van der Waals surface area contributed by atoms with E-state index in [0.717, 1.165) is 37.9 Å². The summed E-state index contributed by atoms with van der Waals surface area (Å²) in [5.41, 5.74) is 4.74. The number of fused-ring (bicyclic) bond motifs is 1. The molecule has 1 unspecified atom stereocenters. The topological polar surface area (TPSA) is 52.6 Å². The minimum absolute atomic E-state index is 0.00970. The Bertz CT molecular complexity index is 826. The number of hydrogen-bond donors (Lipinski definition) is 2. The van der Waals surface area contributed by atoms with Crippen molar-refractivity contribution in [1.82, 2.24) is 10.2 Å². The van der Waals surface area contributed by atoms with Gasteiger partial charge in [0.1, 0.15) is 0 Å². The van der Waals surface area contributed by atoms with E-state index in [-0.39, 0.29) is 11.4 Å². The van der Waals surface area contributed by atoms with Crippen LogP contribution in [0.15, 0.2) is 48.5 Å². The molecule has 2 aromatic carbocycles. The van der Waals surface area contributed by atoms with Gasteiger partial charge in [0.05, 0.1) is 11.6 Å². The van der Waals surface area contributed by atoms with Gasteiger partial charge in [0.2, 0.25) is 5.91 Å². The molecule has 2 aromatic rings. The first kappa shape index (κ1) is 19.2. The molecule has 2 aliphatic rings. The summed E-state index contributed by atoms with van der Waals surface area (Å²) >= 11 is 0. The van der Waals surface area contributed by atoms with Gasteiger partial charge in [0.15, 0.2) is 0 Å². The maximum Gasteiger partial charge on any atom is 0.217 e. The largest absolute Gasteiger partial charge is 0.387 e. The third-order valence-corrected chi connectivity index (χ3v) is 6.39. The predicted octanol–water partition coefficient (Wildman–Crippen LogP) is 3.34. The van der Waals surface area contributed by atoms with Crippen molar-refractivity contribution in [2.24, 2.45) is 0 Å². The molecule has 1 atom stereocenters. The summed E-state index contributed by atoms with van der Waals surface area (Å²) in [6.45, 7) is 3.95. The van der Waals surface area contributed by atoms with Crippen LogP contribution in [0.25, 0.3) is 0 Å². The number of carbonyl (C=O) groups excluding carboxylic acids is 1. The maximum absolute atomic E-state index is 11.9. The Morgan fingerprint density at radius 2 is 1.82 bits per heavy atom. The summed E-state index contributed by atoms with van der Waals surface area (Å²) in [4.78, 5) is 14.2.